The number of nitro groups is 1. The maximum Gasteiger partial charge on any atom is 0.269 e. The van der Waals surface area contributed by atoms with Crippen LogP contribution in [0.4, 0.5) is 5.69 Å². The third-order valence-electron chi connectivity index (χ3n) is 2.57. The van der Waals surface area contributed by atoms with Gasteiger partial charge < -0.3 is 10.2 Å². The van der Waals surface area contributed by atoms with Crippen molar-refractivity contribution in [2.24, 2.45) is 5.41 Å². The molecule has 2 N–H and O–H groups in total. The van der Waals surface area contributed by atoms with Crippen LogP contribution >= 0.6 is 0 Å². The molecule has 0 spiro atoms. The lowest BCUT2D eigenvalue weighted by Crippen LogP contribution is -2.25. The number of aliphatic hydroxyl groups excluding tert-OH is 2. The average molecular weight is 225 g/mol. The third-order valence-corrected chi connectivity index (χ3v) is 2.57. The molecule has 1 aromatic carbocycles. The molecule has 0 aliphatic carbocycles. The summed E-state index contributed by atoms with van der Waals surface area (Å²) in [6, 6.07) is 5.68. The summed E-state index contributed by atoms with van der Waals surface area (Å²) in [5.41, 5.74) is -0.127. The number of aliphatic hydroxyl groups is 2. The first kappa shape index (κ1) is 12.6. The highest BCUT2D eigenvalue weighted by Gasteiger charge is 2.28. The van der Waals surface area contributed by atoms with Crippen LogP contribution in [0.2, 0.25) is 0 Å². The maximum atomic E-state index is 10.4. The molecular weight excluding hydrogens is 210 g/mol. The molecule has 16 heavy (non-hydrogen) atoms. The van der Waals surface area contributed by atoms with Crippen molar-refractivity contribution in [2.45, 2.75) is 20.0 Å². The quantitative estimate of drug-likeness (QED) is 0.602. The van der Waals surface area contributed by atoms with Gasteiger partial charge in [-0.05, 0) is 17.7 Å². The van der Waals surface area contributed by atoms with Crippen molar-refractivity contribution in [3.8, 4) is 0 Å². The normalized spacial score (nSPS) is 13.5. The lowest BCUT2D eigenvalue weighted by molar-refractivity contribution is -0.384. The molecule has 0 unspecified atom stereocenters. The van der Waals surface area contributed by atoms with Crippen LogP contribution in [0, 0.1) is 15.5 Å². The molecule has 0 bridgehead atoms. The van der Waals surface area contributed by atoms with Crippen molar-refractivity contribution in [1.29, 1.82) is 0 Å². The van der Waals surface area contributed by atoms with E-state index in [1.54, 1.807) is 13.8 Å². The van der Waals surface area contributed by atoms with Crippen molar-refractivity contribution >= 4 is 5.69 Å². The summed E-state index contributed by atoms with van der Waals surface area (Å²) >= 11 is 0. The Bertz CT molecular complexity index is 372. The Balaban J connectivity index is 2.94. The Hall–Kier alpha value is -1.46. The molecule has 0 heterocycles. The van der Waals surface area contributed by atoms with E-state index in [-0.39, 0.29) is 12.3 Å². The predicted octanol–water partition coefficient (Wildman–Crippen LogP) is 1.65. The molecule has 1 rings (SSSR count). The lowest BCUT2D eigenvalue weighted by atomic mass is 9.83. The van der Waals surface area contributed by atoms with Crippen molar-refractivity contribution in [3.63, 3.8) is 0 Å². The fourth-order valence-corrected chi connectivity index (χ4v) is 1.32. The van der Waals surface area contributed by atoms with Gasteiger partial charge in [-0.2, -0.15) is 0 Å². The summed E-state index contributed by atoms with van der Waals surface area (Å²) in [6.45, 7) is 3.28. The first-order valence-corrected chi connectivity index (χ1v) is 4.92. The first-order valence-electron chi connectivity index (χ1n) is 4.92. The van der Waals surface area contributed by atoms with E-state index in [1.807, 2.05) is 0 Å². The average Bonchev–Trinajstić information content (AvgIpc) is 2.28. The first-order chi connectivity index (χ1) is 7.38. The topological polar surface area (TPSA) is 83.6 Å². The number of non-ortho nitro benzene ring substituents is 1. The van der Waals surface area contributed by atoms with E-state index in [4.69, 9.17) is 5.11 Å². The minimum absolute atomic E-state index is 0.0160. The van der Waals surface area contributed by atoms with Crippen LogP contribution in [0.1, 0.15) is 25.5 Å². The Morgan fingerprint density at radius 2 is 1.88 bits per heavy atom. The van der Waals surface area contributed by atoms with Gasteiger partial charge in [0.25, 0.3) is 5.69 Å². The molecule has 0 saturated carbocycles. The smallest absolute Gasteiger partial charge is 0.269 e. The summed E-state index contributed by atoms with van der Waals surface area (Å²) in [5, 5.41) is 29.5. The second-order valence-corrected chi connectivity index (χ2v) is 4.40. The molecule has 0 aliphatic heterocycles. The Kier molecular flexibility index (Phi) is 3.62. The van der Waals surface area contributed by atoms with Gasteiger partial charge in [-0.15, -0.1) is 0 Å². The highest BCUT2D eigenvalue weighted by molar-refractivity contribution is 5.34. The van der Waals surface area contributed by atoms with Crippen LogP contribution in [-0.4, -0.2) is 21.7 Å². The summed E-state index contributed by atoms with van der Waals surface area (Å²) in [4.78, 5) is 9.95. The number of nitro benzene ring substituents is 1. The van der Waals surface area contributed by atoms with Crippen molar-refractivity contribution < 1.29 is 15.1 Å². The molecule has 1 atom stereocenters. The van der Waals surface area contributed by atoms with E-state index in [0.717, 1.165) is 0 Å². The number of rotatable bonds is 4. The second-order valence-electron chi connectivity index (χ2n) is 4.40. The van der Waals surface area contributed by atoms with Gasteiger partial charge in [0.2, 0.25) is 0 Å². The van der Waals surface area contributed by atoms with E-state index in [2.05, 4.69) is 0 Å². The third kappa shape index (κ3) is 2.56. The SMILES string of the molecule is CC(C)(CO)[C@@H](O)c1ccc([N+](=O)[O-])cc1. The van der Waals surface area contributed by atoms with Crippen molar-refractivity contribution in [3.05, 3.63) is 39.9 Å². The molecule has 0 fully saturated rings. The lowest BCUT2D eigenvalue weighted by Gasteiger charge is -2.28. The van der Waals surface area contributed by atoms with Crippen molar-refractivity contribution in [2.75, 3.05) is 6.61 Å². The second kappa shape index (κ2) is 4.59. The van der Waals surface area contributed by atoms with Crippen LogP contribution in [0.3, 0.4) is 0 Å². The van der Waals surface area contributed by atoms with E-state index < -0.39 is 16.4 Å². The summed E-state index contributed by atoms with van der Waals surface area (Å²) in [6.07, 6.45) is -0.849. The largest absolute Gasteiger partial charge is 0.396 e. The number of hydrogen-bond donors (Lipinski definition) is 2. The predicted molar refractivity (Wildman–Crippen MR) is 58.9 cm³/mol. The minimum Gasteiger partial charge on any atom is -0.396 e. The highest BCUT2D eigenvalue weighted by atomic mass is 16.6. The number of benzene rings is 1. The maximum absolute atomic E-state index is 10.4. The van der Waals surface area contributed by atoms with Gasteiger partial charge >= 0.3 is 0 Å². The Morgan fingerprint density at radius 3 is 2.25 bits per heavy atom. The van der Waals surface area contributed by atoms with E-state index >= 15 is 0 Å². The molecule has 88 valence electrons. The number of nitrogens with zero attached hydrogens (tertiary/aromatic N) is 1. The number of hydrogen-bond acceptors (Lipinski definition) is 4. The van der Waals surface area contributed by atoms with Crippen LogP contribution in [-0.2, 0) is 0 Å². The van der Waals surface area contributed by atoms with Gasteiger partial charge in [-0.1, -0.05) is 13.8 Å². The standard InChI is InChI=1S/C11H15NO4/c1-11(2,7-13)10(14)8-3-5-9(6-4-8)12(15)16/h3-6,10,13-14H,7H2,1-2H3/t10-/m0/s1. The Labute approximate surface area is 93.5 Å². The molecule has 0 saturated heterocycles. The van der Waals surface area contributed by atoms with Crippen LogP contribution < -0.4 is 0 Å². The van der Waals surface area contributed by atoms with Gasteiger partial charge in [0.1, 0.15) is 0 Å². The monoisotopic (exact) mass is 225 g/mol. The summed E-state index contributed by atoms with van der Waals surface area (Å²) < 4.78 is 0. The zero-order valence-electron chi connectivity index (χ0n) is 9.25. The molecule has 0 aliphatic rings. The summed E-state index contributed by atoms with van der Waals surface area (Å²) in [7, 11) is 0. The molecule has 1 aromatic rings. The van der Waals surface area contributed by atoms with Crippen LogP contribution in [0.25, 0.3) is 0 Å². The molecule has 0 amide bonds. The Morgan fingerprint density at radius 1 is 1.38 bits per heavy atom. The molecule has 0 aromatic heterocycles. The molecule has 5 heteroatoms. The zero-order valence-corrected chi connectivity index (χ0v) is 9.25. The van der Waals surface area contributed by atoms with Crippen LogP contribution in [0.15, 0.2) is 24.3 Å². The van der Waals surface area contributed by atoms with E-state index in [0.29, 0.717) is 5.56 Å². The fraction of sp³-hybridized carbons (Fsp3) is 0.455. The van der Waals surface area contributed by atoms with Gasteiger partial charge in [0.05, 0.1) is 17.6 Å². The zero-order chi connectivity index (χ0) is 12.3. The highest BCUT2D eigenvalue weighted by Crippen LogP contribution is 2.33. The van der Waals surface area contributed by atoms with Gasteiger partial charge in [0, 0.05) is 17.5 Å². The molecular formula is C11H15NO4. The molecule has 5 nitrogen and oxygen atoms in total. The minimum atomic E-state index is -0.849. The fourth-order valence-electron chi connectivity index (χ4n) is 1.32. The van der Waals surface area contributed by atoms with Crippen molar-refractivity contribution in [1.82, 2.24) is 0 Å². The van der Waals surface area contributed by atoms with Crippen LogP contribution in [0.5, 0.6) is 0 Å². The van der Waals surface area contributed by atoms with Gasteiger partial charge in [-0.3, -0.25) is 10.1 Å². The van der Waals surface area contributed by atoms with E-state index in [1.165, 1.54) is 24.3 Å². The summed E-state index contributed by atoms with van der Waals surface area (Å²) in [5.74, 6) is 0. The van der Waals surface area contributed by atoms with Gasteiger partial charge in [0.15, 0.2) is 0 Å². The molecule has 0 radical (unpaired) electrons. The van der Waals surface area contributed by atoms with Gasteiger partial charge in [-0.25, -0.2) is 0 Å². The van der Waals surface area contributed by atoms with E-state index in [9.17, 15) is 15.2 Å².